The van der Waals surface area contributed by atoms with E-state index in [2.05, 4.69) is 10.6 Å². The molecule has 0 aromatic heterocycles. The average Bonchev–Trinajstić information content (AvgIpc) is 2.77. The first-order valence-corrected chi connectivity index (χ1v) is 12.6. The highest BCUT2D eigenvalue weighted by Gasteiger charge is 2.33. The van der Waals surface area contributed by atoms with Crippen LogP contribution in [0.1, 0.15) is 37.7 Å². The molecule has 2 aliphatic rings. The number of carbonyl (C=O) groups is 2. The smallest absolute Gasteiger partial charge is 0.243 e. The van der Waals surface area contributed by atoms with E-state index in [1.54, 1.807) is 30.3 Å². The van der Waals surface area contributed by atoms with Gasteiger partial charge >= 0.3 is 0 Å². The summed E-state index contributed by atoms with van der Waals surface area (Å²) in [7, 11) is -3.60. The summed E-state index contributed by atoms with van der Waals surface area (Å²) >= 11 is 0. The molecular weight excluding hydrogens is 426 g/mol. The Morgan fingerprint density at radius 2 is 1.66 bits per heavy atom. The van der Waals surface area contributed by atoms with Crippen molar-refractivity contribution in [3.8, 4) is 0 Å². The second kappa shape index (κ2) is 9.83. The van der Waals surface area contributed by atoms with Crippen LogP contribution in [0.15, 0.2) is 59.5 Å². The minimum absolute atomic E-state index is 0.0550. The second-order valence-electron chi connectivity index (χ2n) is 8.55. The maximum absolute atomic E-state index is 12.9. The fourth-order valence-electron chi connectivity index (χ4n) is 4.12. The predicted molar refractivity (Wildman–Crippen MR) is 122 cm³/mol. The molecule has 2 aromatic carbocycles. The predicted octanol–water partition coefficient (Wildman–Crippen LogP) is 3.14. The number of anilines is 1. The lowest BCUT2D eigenvalue weighted by atomic mass is 9.85. The maximum atomic E-state index is 12.9. The number of sulfonamides is 1. The van der Waals surface area contributed by atoms with Gasteiger partial charge in [-0.05, 0) is 55.5 Å². The van der Waals surface area contributed by atoms with Gasteiger partial charge in [-0.3, -0.25) is 9.59 Å². The van der Waals surface area contributed by atoms with E-state index in [-0.39, 0.29) is 35.1 Å². The van der Waals surface area contributed by atoms with Crippen molar-refractivity contribution in [2.24, 2.45) is 11.8 Å². The molecule has 2 N–H and O–H groups in total. The van der Waals surface area contributed by atoms with Crippen molar-refractivity contribution in [2.45, 2.75) is 43.5 Å². The number of rotatable bonds is 7. The summed E-state index contributed by atoms with van der Waals surface area (Å²) in [6, 6.07) is 15.8. The molecule has 0 bridgehead atoms. The molecule has 2 fully saturated rings. The molecule has 1 saturated heterocycles. The summed E-state index contributed by atoms with van der Waals surface area (Å²) in [5, 5.41) is 5.88. The molecule has 1 unspecified atom stereocenters. The number of carbonyl (C=O) groups excluding carboxylic acids is 2. The van der Waals surface area contributed by atoms with Crippen LogP contribution in [0.2, 0.25) is 0 Å². The number of piperidine rings is 1. The molecule has 1 aliphatic heterocycles. The third-order valence-electron chi connectivity index (χ3n) is 6.27. The third kappa shape index (κ3) is 5.19. The SMILES string of the molecule is O=C(NCc1cccc(NC(=O)C2CCC2)c1)C1CCCN(S(=O)(=O)c2ccccc2)C1. The Morgan fingerprint density at radius 1 is 0.906 bits per heavy atom. The minimum Gasteiger partial charge on any atom is -0.352 e. The average molecular weight is 456 g/mol. The van der Waals surface area contributed by atoms with Crippen molar-refractivity contribution in [3.63, 3.8) is 0 Å². The summed E-state index contributed by atoms with van der Waals surface area (Å²) in [6.45, 7) is 0.929. The van der Waals surface area contributed by atoms with Crippen LogP contribution in [0.4, 0.5) is 5.69 Å². The molecule has 7 nitrogen and oxygen atoms in total. The lowest BCUT2D eigenvalue weighted by molar-refractivity contribution is -0.126. The zero-order chi connectivity index (χ0) is 22.6. The van der Waals surface area contributed by atoms with Gasteiger partial charge in [-0.2, -0.15) is 4.31 Å². The number of nitrogens with zero attached hydrogens (tertiary/aromatic N) is 1. The van der Waals surface area contributed by atoms with E-state index in [1.165, 1.54) is 4.31 Å². The first kappa shape index (κ1) is 22.5. The molecule has 2 amide bonds. The van der Waals surface area contributed by atoms with Gasteiger partial charge in [-0.15, -0.1) is 0 Å². The Kier molecular flexibility index (Phi) is 6.91. The molecule has 1 aliphatic carbocycles. The molecule has 0 spiro atoms. The zero-order valence-corrected chi connectivity index (χ0v) is 18.8. The highest BCUT2D eigenvalue weighted by Crippen LogP contribution is 2.28. The number of hydrogen-bond acceptors (Lipinski definition) is 4. The van der Waals surface area contributed by atoms with Crippen LogP contribution in [0.5, 0.6) is 0 Å². The van der Waals surface area contributed by atoms with E-state index in [0.717, 1.165) is 30.5 Å². The summed E-state index contributed by atoms with van der Waals surface area (Å²) < 4.78 is 27.2. The summed E-state index contributed by atoms with van der Waals surface area (Å²) in [5.74, 6) is -0.371. The molecule has 0 radical (unpaired) electrons. The molecule has 1 atom stereocenters. The monoisotopic (exact) mass is 455 g/mol. The van der Waals surface area contributed by atoms with Gasteiger partial charge in [0.25, 0.3) is 0 Å². The number of benzene rings is 2. The molecule has 170 valence electrons. The quantitative estimate of drug-likeness (QED) is 0.670. The largest absolute Gasteiger partial charge is 0.352 e. The third-order valence-corrected chi connectivity index (χ3v) is 8.15. The summed E-state index contributed by atoms with van der Waals surface area (Å²) in [6.07, 6.45) is 4.30. The molecule has 4 rings (SSSR count). The first-order chi connectivity index (χ1) is 15.4. The summed E-state index contributed by atoms with van der Waals surface area (Å²) in [5.41, 5.74) is 1.61. The molecule has 8 heteroatoms. The van der Waals surface area contributed by atoms with Gasteiger partial charge in [0.15, 0.2) is 0 Å². The van der Waals surface area contributed by atoms with Crippen LogP contribution in [0.3, 0.4) is 0 Å². The minimum atomic E-state index is -3.60. The summed E-state index contributed by atoms with van der Waals surface area (Å²) in [4.78, 5) is 25.2. The normalized spacial score (nSPS) is 19.7. The Bertz CT molecular complexity index is 1070. The molecular formula is C24H29N3O4S. The number of nitrogens with one attached hydrogen (secondary N) is 2. The Hall–Kier alpha value is -2.71. The second-order valence-corrected chi connectivity index (χ2v) is 10.5. The van der Waals surface area contributed by atoms with Gasteiger partial charge in [0, 0.05) is 31.2 Å². The van der Waals surface area contributed by atoms with Crippen LogP contribution >= 0.6 is 0 Å². The zero-order valence-electron chi connectivity index (χ0n) is 18.0. The van der Waals surface area contributed by atoms with E-state index >= 15 is 0 Å². The van der Waals surface area contributed by atoms with Crippen molar-refractivity contribution in [1.29, 1.82) is 0 Å². The van der Waals surface area contributed by atoms with Gasteiger partial charge < -0.3 is 10.6 Å². The van der Waals surface area contributed by atoms with E-state index in [9.17, 15) is 18.0 Å². The Balaban J connectivity index is 1.33. The lowest BCUT2D eigenvalue weighted by Crippen LogP contribution is -2.45. The maximum Gasteiger partial charge on any atom is 0.243 e. The van der Waals surface area contributed by atoms with Crippen molar-refractivity contribution in [3.05, 3.63) is 60.2 Å². The topological polar surface area (TPSA) is 95.6 Å². The first-order valence-electron chi connectivity index (χ1n) is 11.2. The van der Waals surface area contributed by atoms with Crippen LogP contribution in [0.25, 0.3) is 0 Å². The van der Waals surface area contributed by atoms with Crippen molar-refractivity contribution in [2.75, 3.05) is 18.4 Å². The van der Waals surface area contributed by atoms with Crippen LogP contribution < -0.4 is 10.6 Å². The Labute approximate surface area is 189 Å². The van der Waals surface area contributed by atoms with Gasteiger partial charge in [0.2, 0.25) is 21.8 Å². The fraction of sp³-hybridized carbons (Fsp3) is 0.417. The number of hydrogen-bond donors (Lipinski definition) is 2. The van der Waals surface area contributed by atoms with E-state index < -0.39 is 10.0 Å². The van der Waals surface area contributed by atoms with Crippen LogP contribution in [-0.4, -0.2) is 37.6 Å². The van der Waals surface area contributed by atoms with E-state index in [0.29, 0.717) is 25.9 Å². The van der Waals surface area contributed by atoms with Crippen molar-refractivity contribution >= 4 is 27.5 Å². The van der Waals surface area contributed by atoms with E-state index in [4.69, 9.17) is 0 Å². The standard InChI is InChI=1S/C24H29N3O4S/c28-23(20-10-6-14-27(17-20)32(30,31)22-12-2-1-3-13-22)25-16-18-7-4-11-21(15-18)26-24(29)19-8-5-9-19/h1-4,7,11-13,15,19-20H,5-6,8-10,14,16-17H2,(H,25,28)(H,26,29). The molecule has 1 heterocycles. The molecule has 32 heavy (non-hydrogen) atoms. The van der Waals surface area contributed by atoms with Crippen molar-refractivity contribution in [1.82, 2.24) is 9.62 Å². The molecule has 2 aromatic rings. The van der Waals surface area contributed by atoms with Gasteiger partial charge in [0.1, 0.15) is 0 Å². The number of amides is 2. The van der Waals surface area contributed by atoms with Gasteiger partial charge in [-0.25, -0.2) is 8.42 Å². The fourth-order valence-corrected chi connectivity index (χ4v) is 5.67. The van der Waals surface area contributed by atoms with Crippen LogP contribution in [0, 0.1) is 11.8 Å². The van der Waals surface area contributed by atoms with E-state index in [1.807, 2.05) is 24.3 Å². The van der Waals surface area contributed by atoms with Crippen LogP contribution in [-0.2, 0) is 26.2 Å². The van der Waals surface area contributed by atoms with Gasteiger partial charge in [-0.1, -0.05) is 36.8 Å². The van der Waals surface area contributed by atoms with Gasteiger partial charge in [0.05, 0.1) is 10.8 Å². The highest BCUT2D eigenvalue weighted by atomic mass is 32.2. The van der Waals surface area contributed by atoms with Crippen molar-refractivity contribution < 1.29 is 18.0 Å². The molecule has 1 saturated carbocycles. The Morgan fingerprint density at radius 3 is 2.38 bits per heavy atom. The lowest BCUT2D eigenvalue weighted by Gasteiger charge is -2.31. The highest BCUT2D eigenvalue weighted by molar-refractivity contribution is 7.89.